The van der Waals surface area contributed by atoms with E-state index in [4.69, 9.17) is 4.74 Å². The highest BCUT2D eigenvalue weighted by molar-refractivity contribution is 7.12. The van der Waals surface area contributed by atoms with Crippen molar-refractivity contribution in [2.75, 3.05) is 0 Å². The number of carbonyl (C=O) groups excluding carboxylic acids is 1. The minimum Gasteiger partial charge on any atom is -0.474 e. The first-order valence-electron chi connectivity index (χ1n) is 8.16. The van der Waals surface area contributed by atoms with Gasteiger partial charge in [-0.05, 0) is 42.8 Å². The first-order valence-corrected chi connectivity index (χ1v) is 9.04. The molecule has 2 aromatic heterocycles. The van der Waals surface area contributed by atoms with Crippen molar-refractivity contribution in [3.63, 3.8) is 0 Å². The van der Waals surface area contributed by atoms with Gasteiger partial charge < -0.3 is 9.64 Å². The Labute approximate surface area is 140 Å². The van der Waals surface area contributed by atoms with E-state index in [1.54, 1.807) is 17.5 Å². The van der Waals surface area contributed by atoms with Gasteiger partial charge in [0.05, 0.1) is 4.88 Å². The maximum Gasteiger partial charge on any atom is 0.264 e. The molecule has 2 fully saturated rings. The number of amides is 1. The van der Waals surface area contributed by atoms with E-state index in [1.807, 2.05) is 36.6 Å². The smallest absolute Gasteiger partial charge is 0.264 e. The maximum atomic E-state index is 12.8. The van der Waals surface area contributed by atoms with E-state index in [0.29, 0.717) is 18.0 Å². The van der Waals surface area contributed by atoms with Gasteiger partial charge in [-0.25, -0.2) is 4.98 Å². The Bertz CT molecular complexity index is 686. The number of hydrogen-bond acceptors (Lipinski definition) is 4. The number of piperidine rings is 1. The summed E-state index contributed by atoms with van der Waals surface area (Å²) < 4.78 is 6.03. The molecule has 2 saturated heterocycles. The van der Waals surface area contributed by atoms with Gasteiger partial charge in [0.25, 0.3) is 5.91 Å². The largest absolute Gasteiger partial charge is 0.474 e. The van der Waals surface area contributed by atoms with Gasteiger partial charge in [0.1, 0.15) is 6.10 Å². The van der Waals surface area contributed by atoms with Crippen molar-refractivity contribution in [3.8, 4) is 5.88 Å². The summed E-state index contributed by atoms with van der Waals surface area (Å²) in [5, 5.41) is 2.05. The molecule has 120 valence electrons. The van der Waals surface area contributed by atoms with Crippen LogP contribution in [-0.2, 0) is 0 Å². The number of aryl methyl sites for hydroxylation is 1. The molecule has 4 heterocycles. The van der Waals surface area contributed by atoms with Crippen LogP contribution in [0.5, 0.6) is 5.88 Å². The van der Waals surface area contributed by atoms with E-state index in [1.165, 1.54) is 5.56 Å². The lowest BCUT2D eigenvalue weighted by Gasteiger charge is -2.38. The van der Waals surface area contributed by atoms with E-state index in [2.05, 4.69) is 9.88 Å². The number of nitrogens with zero attached hydrogens (tertiary/aromatic N) is 2. The van der Waals surface area contributed by atoms with Crippen molar-refractivity contribution < 1.29 is 9.53 Å². The molecule has 5 heteroatoms. The third-order valence-electron chi connectivity index (χ3n) is 4.79. The monoisotopic (exact) mass is 328 g/mol. The fraction of sp³-hybridized carbons (Fsp3) is 0.444. The lowest BCUT2D eigenvalue weighted by molar-refractivity contribution is 0.0352. The Balaban J connectivity index is 1.47. The van der Waals surface area contributed by atoms with E-state index in [9.17, 15) is 4.79 Å². The number of fused-ring (bicyclic) bond motifs is 2. The highest BCUT2D eigenvalue weighted by Gasteiger charge is 2.44. The van der Waals surface area contributed by atoms with Crippen molar-refractivity contribution in [1.29, 1.82) is 0 Å². The minimum atomic E-state index is 0.163. The standard InChI is InChI=1S/C18H20N2O2S/c1-12-8-16(23-11-12)18(21)20-13-5-6-14(20)10-15(9-13)22-17-4-2-3-7-19-17/h2-4,7-8,11,13-15H,5-6,9-10H2,1H3. The predicted octanol–water partition coefficient (Wildman–Crippen LogP) is 3.67. The third kappa shape index (κ3) is 2.85. The summed E-state index contributed by atoms with van der Waals surface area (Å²) in [5.41, 5.74) is 1.17. The van der Waals surface area contributed by atoms with Crippen molar-refractivity contribution in [1.82, 2.24) is 9.88 Å². The van der Waals surface area contributed by atoms with Crippen molar-refractivity contribution in [2.45, 2.75) is 50.8 Å². The highest BCUT2D eigenvalue weighted by atomic mass is 32.1. The van der Waals surface area contributed by atoms with Gasteiger partial charge in [-0.2, -0.15) is 0 Å². The van der Waals surface area contributed by atoms with Crippen LogP contribution in [0.3, 0.4) is 0 Å². The first kappa shape index (κ1) is 14.7. The molecule has 1 amide bonds. The summed E-state index contributed by atoms with van der Waals surface area (Å²) in [6.07, 6.45) is 5.90. The number of rotatable bonds is 3. The predicted molar refractivity (Wildman–Crippen MR) is 89.9 cm³/mol. The van der Waals surface area contributed by atoms with Crippen LogP contribution < -0.4 is 4.74 Å². The molecule has 2 bridgehead atoms. The van der Waals surface area contributed by atoms with Gasteiger partial charge in [0.2, 0.25) is 5.88 Å². The highest BCUT2D eigenvalue weighted by Crippen LogP contribution is 2.38. The van der Waals surface area contributed by atoms with Crippen molar-refractivity contribution in [3.05, 3.63) is 46.3 Å². The number of hydrogen-bond donors (Lipinski definition) is 0. The summed E-state index contributed by atoms with van der Waals surface area (Å²) in [5.74, 6) is 0.887. The Hall–Kier alpha value is -1.88. The Kier molecular flexibility index (Phi) is 3.81. The van der Waals surface area contributed by atoms with E-state index < -0.39 is 0 Å². The maximum absolute atomic E-state index is 12.8. The van der Waals surface area contributed by atoms with Crippen molar-refractivity contribution >= 4 is 17.2 Å². The third-order valence-corrected chi connectivity index (χ3v) is 5.83. The summed E-state index contributed by atoms with van der Waals surface area (Å²) >= 11 is 1.55. The summed E-state index contributed by atoms with van der Waals surface area (Å²) in [6, 6.07) is 8.33. The van der Waals surface area contributed by atoms with Gasteiger partial charge in [0, 0.05) is 37.2 Å². The van der Waals surface area contributed by atoms with Crippen LogP contribution >= 0.6 is 11.3 Å². The van der Waals surface area contributed by atoms with Crippen LogP contribution in [0, 0.1) is 6.92 Å². The molecule has 2 aromatic rings. The molecular formula is C18H20N2O2S. The van der Waals surface area contributed by atoms with Crippen LogP contribution in [0.25, 0.3) is 0 Å². The van der Waals surface area contributed by atoms with Gasteiger partial charge in [-0.3, -0.25) is 4.79 Å². The fourth-order valence-electron chi connectivity index (χ4n) is 3.81. The topological polar surface area (TPSA) is 42.4 Å². The van der Waals surface area contributed by atoms with E-state index in [-0.39, 0.29) is 12.0 Å². The number of ether oxygens (including phenoxy) is 1. The quantitative estimate of drug-likeness (QED) is 0.863. The van der Waals surface area contributed by atoms with Crippen LogP contribution in [0.15, 0.2) is 35.8 Å². The summed E-state index contributed by atoms with van der Waals surface area (Å²) in [7, 11) is 0. The second kappa shape index (κ2) is 5.96. The molecule has 0 aromatic carbocycles. The molecule has 4 rings (SSSR count). The minimum absolute atomic E-state index is 0.163. The van der Waals surface area contributed by atoms with E-state index in [0.717, 1.165) is 30.6 Å². The van der Waals surface area contributed by atoms with Crippen molar-refractivity contribution in [2.24, 2.45) is 0 Å². The van der Waals surface area contributed by atoms with Crippen LogP contribution in [0.1, 0.15) is 40.9 Å². The molecule has 2 unspecified atom stereocenters. The first-order chi connectivity index (χ1) is 11.2. The second-order valence-corrected chi connectivity index (χ2v) is 7.38. The zero-order chi connectivity index (χ0) is 15.8. The van der Waals surface area contributed by atoms with E-state index >= 15 is 0 Å². The molecular weight excluding hydrogens is 308 g/mol. The number of carbonyl (C=O) groups is 1. The molecule has 0 N–H and O–H groups in total. The Morgan fingerprint density at radius 2 is 2.09 bits per heavy atom. The normalized spacial score (nSPS) is 26.3. The molecule has 2 aliphatic rings. The van der Waals surface area contributed by atoms with Crippen LogP contribution in [0.4, 0.5) is 0 Å². The number of aromatic nitrogens is 1. The van der Waals surface area contributed by atoms with Crippen LogP contribution in [-0.4, -0.2) is 34.0 Å². The molecule has 0 saturated carbocycles. The molecule has 2 atom stereocenters. The molecule has 0 radical (unpaired) electrons. The molecule has 0 aliphatic carbocycles. The average Bonchev–Trinajstić information content (AvgIpc) is 3.10. The molecule has 23 heavy (non-hydrogen) atoms. The summed E-state index contributed by atoms with van der Waals surface area (Å²) in [4.78, 5) is 20.0. The number of thiophene rings is 1. The molecule has 4 nitrogen and oxygen atoms in total. The van der Waals surface area contributed by atoms with Gasteiger partial charge in [-0.1, -0.05) is 6.07 Å². The zero-order valence-corrected chi connectivity index (χ0v) is 14.0. The van der Waals surface area contributed by atoms with Crippen LogP contribution in [0.2, 0.25) is 0 Å². The number of pyridine rings is 1. The average molecular weight is 328 g/mol. The van der Waals surface area contributed by atoms with Gasteiger partial charge in [-0.15, -0.1) is 11.3 Å². The Morgan fingerprint density at radius 1 is 1.30 bits per heavy atom. The fourth-order valence-corrected chi connectivity index (χ4v) is 4.65. The SMILES string of the molecule is Cc1csc(C(=O)N2C3CCC2CC(Oc2ccccn2)C3)c1. The second-order valence-electron chi connectivity index (χ2n) is 6.46. The van der Waals surface area contributed by atoms with Gasteiger partial charge >= 0.3 is 0 Å². The van der Waals surface area contributed by atoms with Gasteiger partial charge in [0.15, 0.2) is 0 Å². The summed E-state index contributed by atoms with van der Waals surface area (Å²) in [6.45, 7) is 2.04. The lowest BCUT2D eigenvalue weighted by Crippen LogP contribution is -2.49. The Morgan fingerprint density at radius 3 is 2.70 bits per heavy atom. The molecule has 0 spiro atoms. The molecule has 2 aliphatic heterocycles. The lowest BCUT2D eigenvalue weighted by atomic mass is 9.99. The zero-order valence-electron chi connectivity index (χ0n) is 13.1.